The van der Waals surface area contributed by atoms with Crippen molar-refractivity contribution in [2.45, 2.75) is 13.2 Å². The molecule has 0 aromatic heterocycles. The second-order valence-corrected chi connectivity index (χ2v) is 1.77. The van der Waals surface area contributed by atoms with Crippen LogP contribution in [0.5, 0.6) is 0 Å². The number of nitrogens with one attached hydrogen (secondary N) is 1. The Balaban J connectivity index is 2.73. The van der Waals surface area contributed by atoms with Crippen molar-refractivity contribution >= 4 is 5.91 Å². The topological polar surface area (TPSA) is 49.3 Å². The molecule has 1 heterocycles. The van der Waals surface area contributed by atoms with Gasteiger partial charge in [0.25, 0.3) is 0 Å². The summed E-state index contributed by atoms with van der Waals surface area (Å²) in [4.78, 5) is 10.4. The molecule has 1 aliphatic heterocycles. The molecular weight excluding hydrogens is 106 g/mol. The number of amides is 1. The van der Waals surface area contributed by atoms with E-state index in [1.165, 1.54) is 6.08 Å². The maximum absolute atomic E-state index is 10.4. The third-order valence-electron chi connectivity index (χ3n) is 1.05. The predicted octanol–water partition coefficient (Wildman–Crippen LogP) is -0.619. The van der Waals surface area contributed by atoms with Crippen LogP contribution < -0.4 is 5.32 Å². The summed E-state index contributed by atoms with van der Waals surface area (Å²) in [5, 5.41) is 11.0. The Labute approximate surface area is 47.0 Å². The van der Waals surface area contributed by atoms with Gasteiger partial charge in [0, 0.05) is 5.57 Å². The Kier molecular flexibility index (Phi) is 1.06. The van der Waals surface area contributed by atoms with Crippen LogP contribution in [0.25, 0.3) is 0 Å². The molecule has 3 heteroatoms. The van der Waals surface area contributed by atoms with E-state index in [9.17, 15) is 4.79 Å². The highest BCUT2D eigenvalue weighted by Crippen LogP contribution is 2.01. The van der Waals surface area contributed by atoms with E-state index in [2.05, 4.69) is 5.32 Å². The van der Waals surface area contributed by atoms with Gasteiger partial charge in [-0.2, -0.15) is 0 Å². The molecule has 0 fully saturated rings. The molecule has 0 bridgehead atoms. The largest absolute Gasteiger partial charge is 0.370 e. The van der Waals surface area contributed by atoms with Crippen LogP contribution in [0.3, 0.4) is 0 Å². The maximum atomic E-state index is 10.4. The van der Waals surface area contributed by atoms with Gasteiger partial charge in [-0.1, -0.05) is 0 Å². The summed E-state index contributed by atoms with van der Waals surface area (Å²) in [6.07, 6.45) is 0.713. The van der Waals surface area contributed by atoms with Crippen molar-refractivity contribution in [3.63, 3.8) is 0 Å². The van der Waals surface area contributed by atoms with Gasteiger partial charge in [-0.15, -0.1) is 0 Å². The van der Waals surface area contributed by atoms with Gasteiger partial charge >= 0.3 is 0 Å². The van der Waals surface area contributed by atoms with Crippen molar-refractivity contribution in [3.05, 3.63) is 11.6 Å². The molecule has 0 aromatic carbocycles. The summed E-state index contributed by atoms with van der Waals surface area (Å²) in [5.74, 6) is -0.183. The van der Waals surface area contributed by atoms with Crippen LogP contribution in [0.1, 0.15) is 6.92 Å². The SMILES string of the molecule is CC1=CC(O)NC1=O. The fourth-order valence-electron chi connectivity index (χ4n) is 0.602. The quantitative estimate of drug-likeness (QED) is 0.440. The number of rotatable bonds is 0. The van der Waals surface area contributed by atoms with E-state index >= 15 is 0 Å². The summed E-state index contributed by atoms with van der Waals surface area (Å²) in [5.41, 5.74) is 0.581. The molecule has 0 aromatic rings. The minimum Gasteiger partial charge on any atom is -0.370 e. The van der Waals surface area contributed by atoms with E-state index in [0.29, 0.717) is 5.57 Å². The fourth-order valence-corrected chi connectivity index (χ4v) is 0.602. The van der Waals surface area contributed by atoms with Gasteiger partial charge in [0.2, 0.25) is 5.91 Å². The van der Waals surface area contributed by atoms with Gasteiger partial charge in [-0.05, 0) is 13.0 Å². The Morgan fingerprint density at radius 2 is 2.50 bits per heavy atom. The zero-order valence-corrected chi connectivity index (χ0v) is 4.51. The lowest BCUT2D eigenvalue weighted by Gasteiger charge is -1.95. The zero-order valence-electron chi connectivity index (χ0n) is 4.51. The number of carbonyl (C=O) groups is 1. The minimum atomic E-state index is -0.762. The number of carbonyl (C=O) groups excluding carboxylic acids is 1. The van der Waals surface area contributed by atoms with Crippen molar-refractivity contribution < 1.29 is 9.90 Å². The number of aliphatic hydroxyl groups is 1. The molecule has 0 saturated carbocycles. The Morgan fingerprint density at radius 3 is 2.62 bits per heavy atom. The van der Waals surface area contributed by atoms with Crippen LogP contribution in [0.4, 0.5) is 0 Å². The number of hydrogen-bond donors (Lipinski definition) is 2. The normalized spacial score (nSPS) is 27.5. The molecule has 1 atom stereocenters. The van der Waals surface area contributed by atoms with Gasteiger partial charge in [-0.25, -0.2) is 0 Å². The van der Waals surface area contributed by atoms with Crippen LogP contribution in [-0.2, 0) is 4.79 Å². The molecule has 0 aliphatic carbocycles. The lowest BCUT2D eigenvalue weighted by molar-refractivity contribution is -0.118. The van der Waals surface area contributed by atoms with Crippen molar-refractivity contribution in [1.82, 2.24) is 5.32 Å². The predicted molar refractivity (Wildman–Crippen MR) is 27.9 cm³/mol. The molecule has 2 N–H and O–H groups in total. The molecule has 1 rings (SSSR count). The molecule has 1 unspecified atom stereocenters. The molecule has 8 heavy (non-hydrogen) atoms. The lowest BCUT2D eigenvalue weighted by atomic mass is 10.3. The lowest BCUT2D eigenvalue weighted by Crippen LogP contribution is -2.26. The standard InChI is InChI=1S/C5H7NO2/c1-3-2-4(7)6-5(3)8/h2,4,7H,1H3,(H,6,8). The molecular formula is C5H7NO2. The van der Waals surface area contributed by atoms with E-state index in [1.54, 1.807) is 6.92 Å². The smallest absolute Gasteiger partial charge is 0.248 e. The Morgan fingerprint density at radius 1 is 1.88 bits per heavy atom. The van der Waals surface area contributed by atoms with Gasteiger partial charge in [0.05, 0.1) is 0 Å². The highest BCUT2D eigenvalue weighted by molar-refractivity contribution is 5.95. The van der Waals surface area contributed by atoms with Crippen molar-refractivity contribution in [1.29, 1.82) is 0 Å². The van der Waals surface area contributed by atoms with Gasteiger partial charge in [0.15, 0.2) is 0 Å². The molecule has 3 nitrogen and oxygen atoms in total. The van der Waals surface area contributed by atoms with Gasteiger partial charge < -0.3 is 10.4 Å². The first-order valence-electron chi connectivity index (χ1n) is 2.37. The van der Waals surface area contributed by atoms with E-state index in [-0.39, 0.29) is 5.91 Å². The highest BCUT2D eigenvalue weighted by atomic mass is 16.3. The average Bonchev–Trinajstić information content (AvgIpc) is 1.85. The Hall–Kier alpha value is -0.830. The minimum absolute atomic E-state index is 0.183. The first-order valence-corrected chi connectivity index (χ1v) is 2.37. The van der Waals surface area contributed by atoms with Crippen LogP contribution >= 0.6 is 0 Å². The van der Waals surface area contributed by atoms with Crippen LogP contribution in [0.15, 0.2) is 11.6 Å². The third kappa shape index (κ3) is 0.721. The summed E-state index contributed by atoms with van der Waals surface area (Å²) in [6, 6.07) is 0. The number of hydrogen-bond acceptors (Lipinski definition) is 2. The van der Waals surface area contributed by atoms with Crippen molar-refractivity contribution in [3.8, 4) is 0 Å². The molecule has 0 spiro atoms. The first kappa shape index (κ1) is 5.31. The second kappa shape index (κ2) is 1.59. The first-order chi connectivity index (χ1) is 3.70. The third-order valence-corrected chi connectivity index (χ3v) is 1.05. The summed E-state index contributed by atoms with van der Waals surface area (Å²) < 4.78 is 0. The van der Waals surface area contributed by atoms with Crippen LogP contribution in [0, 0.1) is 0 Å². The summed E-state index contributed by atoms with van der Waals surface area (Å²) in [6.45, 7) is 1.66. The molecule has 1 amide bonds. The summed E-state index contributed by atoms with van der Waals surface area (Å²) in [7, 11) is 0. The second-order valence-electron chi connectivity index (χ2n) is 1.77. The van der Waals surface area contributed by atoms with E-state index < -0.39 is 6.23 Å². The number of aliphatic hydroxyl groups excluding tert-OH is 1. The maximum Gasteiger partial charge on any atom is 0.248 e. The van der Waals surface area contributed by atoms with E-state index in [1.807, 2.05) is 0 Å². The van der Waals surface area contributed by atoms with Crippen LogP contribution in [-0.4, -0.2) is 17.2 Å². The monoisotopic (exact) mass is 113 g/mol. The van der Waals surface area contributed by atoms with Crippen molar-refractivity contribution in [2.75, 3.05) is 0 Å². The van der Waals surface area contributed by atoms with E-state index in [0.717, 1.165) is 0 Å². The fraction of sp³-hybridized carbons (Fsp3) is 0.400. The van der Waals surface area contributed by atoms with Gasteiger partial charge in [0.1, 0.15) is 6.23 Å². The van der Waals surface area contributed by atoms with Crippen molar-refractivity contribution in [2.24, 2.45) is 0 Å². The zero-order chi connectivity index (χ0) is 6.15. The molecule has 44 valence electrons. The Bertz CT molecular complexity index is 151. The van der Waals surface area contributed by atoms with Crippen LogP contribution in [0.2, 0.25) is 0 Å². The summed E-state index contributed by atoms with van der Waals surface area (Å²) >= 11 is 0. The highest BCUT2D eigenvalue weighted by Gasteiger charge is 2.15. The molecule has 0 radical (unpaired) electrons. The van der Waals surface area contributed by atoms with Gasteiger partial charge in [-0.3, -0.25) is 4.79 Å². The molecule has 0 saturated heterocycles. The molecule has 1 aliphatic rings. The average molecular weight is 113 g/mol. The van der Waals surface area contributed by atoms with E-state index in [4.69, 9.17) is 5.11 Å².